The number of aromatic nitrogens is 2. The van der Waals surface area contributed by atoms with Crippen LogP contribution in [0, 0.1) is 12.8 Å². The molecule has 1 N–H and O–H groups in total. The Morgan fingerprint density at radius 3 is 2.62 bits per heavy atom. The first-order chi connectivity index (χ1) is 15.4. The molecule has 0 unspecified atom stereocenters. The van der Waals surface area contributed by atoms with Crippen molar-refractivity contribution in [1.82, 2.24) is 15.5 Å². The van der Waals surface area contributed by atoms with Gasteiger partial charge in [0.25, 0.3) is 11.8 Å². The fraction of sp³-hybridized carbons (Fsp3) is 0.333. The Bertz CT molecular complexity index is 1080. The number of hydrogen-bond donors (Lipinski definition) is 1. The number of carbonyl (C=O) groups excluding carboxylic acids is 2. The lowest BCUT2D eigenvalue weighted by Gasteiger charge is -2.20. The highest BCUT2D eigenvalue weighted by Gasteiger charge is 2.27. The van der Waals surface area contributed by atoms with Gasteiger partial charge in [-0.3, -0.25) is 4.79 Å². The lowest BCUT2D eigenvalue weighted by molar-refractivity contribution is -0.149. The van der Waals surface area contributed by atoms with Gasteiger partial charge in [-0.15, -0.1) is 0 Å². The van der Waals surface area contributed by atoms with E-state index in [1.54, 1.807) is 18.2 Å². The summed E-state index contributed by atoms with van der Waals surface area (Å²) in [5.41, 5.74) is 2.12. The van der Waals surface area contributed by atoms with Gasteiger partial charge in [-0.2, -0.15) is 4.98 Å². The summed E-state index contributed by atoms with van der Waals surface area (Å²) in [7, 11) is 0. The van der Waals surface area contributed by atoms with Crippen LogP contribution in [0.15, 0.2) is 53.1 Å². The summed E-state index contributed by atoms with van der Waals surface area (Å²) >= 11 is 0. The second kappa shape index (κ2) is 10.6. The van der Waals surface area contributed by atoms with Crippen LogP contribution in [-0.2, 0) is 16.1 Å². The molecule has 0 fully saturated rings. The van der Waals surface area contributed by atoms with Gasteiger partial charge >= 0.3 is 5.97 Å². The van der Waals surface area contributed by atoms with Crippen LogP contribution in [0.25, 0.3) is 11.4 Å². The van der Waals surface area contributed by atoms with Crippen molar-refractivity contribution < 1.29 is 23.6 Å². The smallest absolute Gasteiger partial charge is 0.329 e. The molecule has 0 aliphatic rings. The fourth-order valence-corrected chi connectivity index (χ4v) is 3.09. The van der Waals surface area contributed by atoms with E-state index in [0.717, 1.165) is 5.56 Å². The molecule has 0 aliphatic heterocycles. The molecule has 0 bridgehead atoms. The third-order valence-corrected chi connectivity index (χ3v) is 4.72. The molecule has 32 heavy (non-hydrogen) atoms. The van der Waals surface area contributed by atoms with Gasteiger partial charge in [-0.05, 0) is 44.0 Å². The Hall–Kier alpha value is -3.68. The van der Waals surface area contributed by atoms with Crippen LogP contribution in [0.2, 0.25) is 0 Å². The van der Waals surface area contributed by atoms with Crippen molar-refractivity contribution in [3.8, 4) is 17.1 Å². The molecule has 0 saturated heterocycles. The SMILES string of the molecule is CCOc1ccccc1-c1noc(COC(=O)[C@@H](NC(=O)c2cccc(C)c2)C(C)C)n1. The monoisotopic (exact) mass is 437 g/mol. The number of esters is 1. The molecule has 1 aromatic heterocycles. The highest BCUT2D eigenvalue weighted by atomic mass is 16.6. The number of carbonyl (C=O) groups is 2. The van der Waals surface area contributed by atoms with Gasteiger partial charge in [-0.25, -0.2) is 4.79 Å². The van der Waals surface area contributed by atoms with Crippen molar-refractivity contribution in [3.63, 3.8) is 0 Å². The van der Waals surface area contributed by atoms with E-state index in [2.05, 4.69) is 15.5 Å². The Morgan fingerprint density at radius 1 is 1.12 bits per heavy atom. The van der Waals surface area contributed by atoms with Gasteiger partial charge in [0.15, 0.2) is 6.61 Å². The van der Waals surface area contributed by atoms with Crippen LogP contribution in [0.1, 0.15) is 42.6 Å². The topological polar surface area (TPSA) is 104 Å². The minimum atomic E-state index is -0.816. The van der Waals surface area contributed by atoms with Gasteiger partial charge < -0.3 is 19.3 Å². The zero-order valence-corrected chi connectivity index (χ0v) is 18.6. The molecular weight excluding hydrogens is 410 g/mol. The van der Waals surface area contributed by atoms with E-state index in [0.29, 0.717) is 29.3 Å². The molecule has 0 aliphatic carbocycles. The van der Waals surface area contributed by atoms with E-state index in [4.69, 9.17) is 14.0 Å². The maximum Gasteiger partial charge on any atom is 0.329 e. The standard InChI is InChI=1S/C24H27N3O5/c1-5-30-19-12-7-6-11-18(19)22-25-20(32-27-22)14-31-24(29)21(15(2)3)26-23(28)17-10-8-9-16(4)13-17/h6-13,15,21H,5,14H2,1-4H3,(H,26,28)/t21-/m0/s1. The van der Waals surface area contributed by atoms with Crippen molar-refractivity contribution in [1.29, 1.82) is 0 Å². The van der Waals surface area contributed by atoms with Crippen molar-refractivity contribution in [2.45, 2.75) is 40.3 Å². The predicted molar refractivity (Wildman–Crippen MR) is 118 cm³/mol. The number of rotatable bonds is 9. The van der Waals surface area contributed by atoms with Gasteiger partial charge in [-0.1, -0.05) is 48.8 Å². The number of amides is 1. The molecule has 3 aromatic rings. The summed E-state index contributed by atoms with van der Waals surface area (Å²) in [4.78, 5) is 29.5. The number of benzene rings is 2. The Balaban J connectivity index is 1.64. The molecule has 8 nitrogen and oxygen atoms in total. The minimum absolute atomic E-state index is 0.146. The maximum absolute atomic E-state index is 12.7. The number of para-hydroxylation sites is 1. The third kappa shape index (κ3) is 5.72. The average molecular weight is 437 g/mol. The minimum Gasteiger partial charge on any atom is -0.493 e. The number of aryl methyl sites for hydroxylation is 1. The quantitative estimate of drug-likeness (QED) is 0.506. The number of nitrogens with one attached hydrogen (secondary N) is 1. The molecule has 0 saturated carbocycles. The summed E-state index contributed by atoms with van der Waals surface area (Å²) in [6.07, 6.45) is 0. The zero-order valence-electron chi connectivity index (χ0n) is 18.6. The van der Waals surface area contributed by atoms with Crippen LogP contribution >= 0.6 is 0 Å². The first-order valence-corrected chi connectivity index (χ1v) is 10.5. The molecular formula is C24H27N3O5. The largest absolute Gasteiger partial charge is 0.493 e. The van der Waals surface area contributed by atoms with Gasteiger partial charge in [0.1, 0.15) is 11.8 Å². The number of ether oxygens (including phenoxy) is 2. The van der Waals surface area contributed by atoms with E-state index in [-0.39, 0.29) is 24.3 Å². The predicted octanol–water partition coefficient (Wildman–Crippen LogP) is 3.94. The van der Waals surface area contributed by atoms with Gasteiger partial charge in [0.05, 0.1) is 12.2 Å². The van der Waals surface area contributed by atoms with E-state index in [1.165, 1.54) is 0 Å². The average Bonchev–Trinajstić information content (AvgIpc) is 3.25. The summed E-state index contributed by atoms with van der Waals surface area (Å²) in [6, 6.07) is 13.7. The zero-order chi connectivity index (χ0) is 23.1. The van der Waals surface area contributed by atoms with Crippen LogP contribution in [0.4, 0.5) is 0 Å². The molecule has 2 aromatic carbocycles. The lowest BCUT2D eigenvalue weighted by Crippen LogP contribution is -2.45. The fourth-order valence-electron chi connectivity index (χ4n) is 3.09. The Morgan fingerprint density at radius 2 is 1.91 bits per heavy atom. The van der Waals surface area contributed by atoms with Crippen molar-refractivity contribution in [2.75, 3.05) is 6.61 Å². The van der Waals surface area contributed by atoms with Gasteiger partial charge in [0.2, 0.25) is 5.82 Å². The summed E-state index contributed by atoms with van der Waals surface area (Å²) in [5, 5.41) is 6.71. The van der Waals surface area contributed by atoms with Crippen molar-refractivity contribution in [3.05, 3.63) is 65.5 Å². The number of nitrogens with zero attached hydrogens (tertiary/aromatic N) is 2. The first-order valence-electron chi connectivity index (χ1n) is 10.5. The van der Waals surface area contributed by atoms with Crippen molar-refractivity contribution >= 4 is 11.9 Å². The molecule has 3 rings (SSSR count). The van der Waals surface area contributed by atoms with E-state index < -0.39 is 12.0 Å². The molecule has 0 spiro atoms. The normalized spacial score (nSPS) is 11.8. The maximum atomic E-state index is 12.7. The molecule has 1 heterocycles. The summed E-state index contributed by atoms with van der Waals surface area (Å²) in [5.74, 6) is 0.0403. The van der Waals surface area contributed by atoms with E-state index >= 15 is 0 Å². The molecule has 0 radical (unpaired) electrons. The second-order valence-corrected chi connectivity index (χ2v) is 7.61. The van der Waals surface area contributed by atoms with Crippen LogP contribution in [0.5, 0.6) is 5.75 Å². The van der Waals surface area contributed by atoms with Crippen LogP contribution < -0.4 is 10.1 Å². The molecule has 1 amide bonds. The van der Waals surface area contributed by atoms with E-state index in [9.17, 15) is 9.59 Å². The molecule has 8 heteroatoms. The van der Waals surface area contributed by atoms with Gasteiger partial charge in [0, 0.05) is 5.56 Å². The molecule has 168 valence electrons. The summed E-state index contributed by atoms with van der Waals surface area (Å²) < 4.78 is 16.2. The van der Waals surface area contributed by atoms with E-state index in [1.807, 2.05) is 58.0 Å². The number of hydrogen-bond acceptors (Lipinski definition) is 7. The second-order valence-electron chi connectivity index (χ2n) is 7.61. The lowest BCUT2D eigenvalue weighted by atomic mass is 10.0. The van der Waals surface area contributed by atoms with Crippen molar-refractivity contribution in [2.24, 2.45) is 5.92 Å². The Kier molecular flexibility index (Phi) is 7.59. The molecule has 1 atom stereocenters. The highest BCUT2D eigenvalue weighted by Crippen LogP contribution is 2.27. The third-order valence-electron chi connectivity index (χ3n) is 4.72. The Labute approximate surface area is 186 Å². The highest BCUT2D eigenvalue weighted by molar-refractivity contribution is 5.97. The summed E-state index contributed by atoms with van der Waals surface area (Å²) in [6.45, 7) is 7.75. The van der Waals surface area contributed by atoms with Crippen LogP contribution in [0.3, 0.4) is 0 Å². The van der Waals surface area contributed by atoms with Crippen LogP contribution in [-0.4, -0.2) is 34.7 Å². The first kappa shape index (κ1) is 23.0.